The summed E-state index contributed by atoms with van der Waals surface area (Å²) in [4.78, 5) is 3.41. The van der Waals surface area contributed by atoms with Gasteiger partial charge in [-0.2, -0.15) is 0 Å². The maximum absolute atomic E-state index is 3.50. The molecular formula is C10H17N3. The van der Waals surface area contributed by atoms with Gasteiger partial charge in [0.15, 0.2) is 0 Å². The summed E-state index contributed by atoms with van der Waals surface area (Å²) in [5.41, 5.74) is 3.95. The van der Waals surface area contributed by atoms with E-state index in [0.29, 0.717) is 6.04 Å². The lowest BCUT2D eigenvalue weighted by molar-refractivity contribution is 0.423. The van der Waals surface area contributed by atoms with Gasteiger partial charge in [-0.05, 0) is 25.5 Å². The van der Waals surface area contributed by atoms with E-state index in [1.165, 1.54) is 17.0 Å². The van der Waals surface area contributed by atoms with E-state index in [-0.39, 0.29) is 0 Å². The van der Waals surface area contributed by atoms with Gasteiger partial charge in [-0.3, -0.25) is 0 Å². The van der Waals surface area contributed by atoms with Crippen molar-refractivity contribution in [3.63, 3.8) is 0 Å². The molecule has 1 aliphatic rings. The van der Waals surface area contributed by atoms with E-state index in [0.717, 1.165) is 19.6 Å². The van der Waals surface area contributed by atoms with Crippen LogP contribution in [0.2, 0.25) is 0 Å². The van der Waals surface area contributed by atoms with Crippen LogP contribution in [0.15, 0.2) is 6.07 Å². The molecule has 3 nitrogen and oxygen atoms in total. The molecule has 1 aromatic heterocycles. The van der Waals surface area contributed by atoms with Gasteiger partial charge < -0.3 is 15.6 Å². The summed E-state index contributed by atoms with van der Waals surface area (Å²) in [7, 11) is 0. The van der Waals surface area contributed by atoms with Crippen molar-refractivity contribution in [1.29, 1.82) is 0 Å². The highest BCUT2D eigenvalue weighted by Crippen LogP contribution is 2.17. The van der Waals surface area contributed by atoms with Gasteiger partial charge >= 0.3 is 0 Å². The Bertz CT molecular complexity index is 284. The van der Waals surface area contributed by atoms with Crippen LogP contribution < -0.4 is 10.6 Å². The number of piperazine rings is 1. The molecule has 0 unspecified atom stereocenters. The van der Waals surface area contributed by atoms with Gasteiger partial charge in [0.2, 0.25) is 0 Å². The zero-order valence-electron chi connectivity index (χ0n) is 8.28. The van der Waals surface area contributed by atoms with Gasteiger partial charge in [0.1, 0.15) is 0 Å². The second kappa shape index (κ2) is 3.52. The molecule has 13 heavy (non-hydrogen) atoms. The summed E-state index contributed by atoms with van der Waals surface area (Å²) in [6.07, 6.45) is 0. The van der Waals surface area contributed by atoms with E-state index in [4.69, 9.17) is 0 Å². The van der Waals surface area contributed by atoms with Crippen LogP contribution in [-0.4, -0.2) is 24.6 Å². The zero-order valence-corrected chi connectivity index (χ0v) is 8.28. The molecule has 1 aliphatic heterocycles. The number of aromatic nitrogens is 1. The quantitative estimate of drug-likeness (QED) is 0.598. The minimum Gasteiger partial charge on any atom is -0.361 e. The van der Waals surface area contributed by atoms with Gasteiger partial charge in [-0.25, -0.2) is 0 Å². The molecule has 0 bridgehead atoms. The maximum atomic E-state index is 3.50. The number of nitrogens with one attached hydrogen (secondary N) is 3. The van der Waals surface area contributed by atoms with Crippen molar-refractivity contribution in [2.45, 2.75) is 19.9 Å². The highest BCUT2D eigenvalue weighted by atomic mass is 15.1. The Hall–Kier alpha value is -0.800. The average Bonchev–Trinajstić information content (AvgIpc) is 2.47. The van der Waals surface area contributed by atoms with Crippen LogP contribution in [0, 0.1) is 13.8 Å². The van der Waals surface area contributed by atoms with Gasteiger partial charge in [-0.1, -0.05) is 0 Å². The Balaban J connectivity index is 2.18. The minimum atomic E-state index is 0.461. The van der Waals surface area contributed by atoms with Crippen molar-refractivity contribution < 1.29 is 0 Å². The van der Waals surface area contributed by atoms with Crippen LogP contribution in [0.25, 0.3) is 0 Å². The Labute approximate surface area is 78.9 Å². The molecule has 3 heteroatoms. The molecule has 2 heterocycles. The fourth-order valence-electron chi connectivity index (χ4n) is 1.97. The predicted octanol–water partition coefficient (Wildman–Crippen LogP) is 0.865. The van der Waals surface area contributed by atoms with Crippen molar-refractivity contribution in [1.82, 2.24) is 15.6 Å². The summed E-state index contributed by atoms with van der Waals surface area (Å²) in [5.74, 6) is 0. The molecule has 1 saturated heterocycles. The SMILES string of the molecule is Cc1cc(C)c([C@H]2CNCCN2)[nH]1. The Morgan fingerprint density at radius 2 is 2.15 bits per heavy atom. The number of hydrogen-bond acceptors (Lipinski definition) is 2. The number of H-pyrrole nitrogens is 1. The molecule has 0 aromatic carbocycles. The maximum Gasteiger partial charge on any atom is 0.0602 e. The van der Waals surface area contributed by atoms with Crippen molar-refractivity contribution in [3.05, 3.63) is 23.0 Å². The van der Waals surface area contributed by atoms with E-state index in [1.807, 2.05) is 0 Å². The Morgan fingerprint density at radius 1 is 1.31 bits per heavy atom. The second-order valence-electron chi connectivity index (χ2n) is 3.76. The predicted molar refractivity (Wildman–Crippen MR) is 53.9 cm³/mol. The molecule has 0 spiro atoms. The lowest BCUT2D eigenvalue weighted by Crippen LogP contribution is -2.43. The highest BCUT2D eigenvalue weighted by molar-refractivity contribution is 5.27. The van der Waals surface area contributed by atoms with Crippen molar-refractivity contribution in [2.75, 3.05) is 19.6 Å². The van der Waals surface area contributed by atoms with Crippen molar-refractivity contribution in [3.8, 4) is 0 Å². The topological polar surface area (TPSA) is 39.8 Å². The fraction of sp³-hybridized carbons (Fsp3) is 0.600. The van der Waals surface area contributed by atoms with Crippen molar-refractivity contribution >= 4 is 0 Å². The summed E-state index contributed by atoms with van der Waals surface area (Å²) in [6.45, 7) is 7.43. The molecule has 0 aliphatic carbocycles. The molecule has 1 atom stereocenters. The van der Waals surface area contributed by atoms with E-state index < -0.39 is 0 Å². The Kier molecular flexibility index (Phi) is 2.38. The number of aryl methyl sites for hydroxylation is 2. The van der Waals surface area contributed by atoms with Crippen LogP contribution >= 0.6 is 0 Å². The van der Waals surface area contributed by atoms with Crippen LogP contribution in [0.5, 0.6) is 0 Å². The second-order valence-corrected chi connectivity index (χ2v) is 3.76. The van der Waals surface area contributed by atoms with Gasteiger partial charge in [-0.15, -0.1) is 0 Å². The molecule has 3 N–H and O–H groups in total. The summed E-state index contributed by atoms with van der Waals surface area (Å²) >= 11 is 0. The molecule has 72 valence electrons. The van der Waals surface area contributed by atoms with Crippen LogP contribution in [0.3, 0.4) is 0 Å². The fourth-order valence-corrected chi connectivity index (χ4v) is 1.97. The first-order valence-corrected chi connectivity index (χ1v) is 4.87. The molecule has 0 radical (unpaired) electrons. The normalized spacial score (nSPS) is 23.4. The third kappa shape index (κ3) is 1.76. The minimum absolute atomic E-state index is 0.461. The van der Waals surface area contributed by atoms with Crippen LogP contribution in [0.1, 0.15) is 23.0 Å². The first-order valence-electron chi connectivity index (χ1n) is 4.87. The number of rotatable bonds is 1. The standard InChI is InChI=1S/C10H17N3/c1-7-5-8(2)13-10(7)9-6-11-3-4-12-9/h5,9,11-13H,3-4,6H2,1-2H3/t9-/m1/s1. The van der Waals surface area contributed by atoms with E-state index >= 15 is 0 Å². The van der Waals surface area contributed by atoms with Crippen LogP contribution in [-0.2, 0) is 0 Å². The van der Waals surface area contributed by atoms with Gasteiger partial charge in [0.25, 0.3) is 0 Å². The third-order valence-corrected chi connectivity index (χ3v) is 2.58. The molecule has 2 rings (SSSR count). The van der Waals surface area contributed by atoms with E-state index in [9.17, 15) is 0 Å². The first kappa shape index (κ1) is 8.78. The van der Waals surface area contributed by atoms with Gasteiger partial charge in [0.05, 0.1) is 6.04 Å². The first-order chi connectivity index (χ1) is 6.27. The highest BCUT2D eigenvalue weighted by Gasteiger charge is 2.17. The smallest absolute Gasteiger partial charge is 0.0602 e. The monoisotopic (exact) mass is 179 g/mol. The summed E-state index contributed by atoms with van der Waals surface area (Å²) in [5, 5.41) is 6.88. The average molecular weight is 179 g/mol. The number of hydrogen-bond donors (Lipinski definition) is 3. The zero-order chi connectivity index (χ0) is 9.26. The molecule has 0 amide bonds. The summed E-state index contributed by atoms with van der Waals surface area (Å²) in [6, 6.07) is 2.66. The van der Waals surface area contributed by atoms with E-state index in [2.05, 4.69) is 35.5 Å². The molecular weight excluding hydrogens is 162 g/mol. The third-order valence-electron chi connectivity index (χ3n) is 2.58. The molecule has 1 aromatic rings. The largest absolute Gasteiger partial charge is 0.361 e. The van der Waals surface area contributed by atoms with E-state index in [1.54, 1.807) is 0 Å². The molecule has 1 fully saturated rings. The van der Waals surface area contributed by atoms with Gasteiger partial charge in [0, 0.05) is 31.0 Å². The molecule has 0 saturated carbocycles. The number of aromatic amines is 1. The lowest BCUT2D eigenvalue weighted by atomic mass is 10.1. The van der Waals surface area contributed by atoms with Crippen molar-refractivity contribution in [2.24, 2.45) is 0 Å². The summed E-state index contributed by atoms with van der Waals surface area (Å²) < 4.78 is 0. The Morgan fingerprint density at radius 3 is 2.69 bits per heavy atom. The van der Waals surface area contributed by atoms with Crippen LogP contribution in [0.4, 0.5) is 0 Å². The lowest BCUT2D eigenvalue weighted by Gasteiger charge is -2.24.